The summed E-state index contributed by atoms with van der Waals surface area (Å²) >= 11 is 0. The van der Waals surface area contributed by atoms with Gasteiger partial charge in [0.25, 0.3) is 0 Å². The highest BCUT2D eigenvalue weighted by atomic mass is 16.6. The van der Waals surface area contributed by atoms with Crippen molar-refractivity contribution in [2.45, 2.75) is 76.5 Å². The van der Waals surface area contributed by atoms with Gasteiger partial charge in [0.2, 0.25) is 0 Å². The molecule has 1 saturated carbocycles. The van der Waals surface area contributed by atoms with Gasteiger partial charge >= 0.3 is 17.9 Å². The Morgan fingerprint density at radius 2 is 1.75 bits per heavy atom. The van der Waals surface area contributed by atoms with E-state index in [0.29, 0.717) is 19.4 Å². The van der Waals surface area contributed by atoms with Crippen LogP contribution in [0, 0.1) is 16.7 Å². The lowest BCUT2D eigenvalue weighted by molar-refractivity contribution is -0.234. The number of hydrogen-bond donors (Lipinski definition) is 1. The maximum absolute atomic E-state index is 12.9. The summed E-state index contributed by atoms with van der Waals surface area (Å²) in [5.41, 5.74) is -0.820. The third-order valence-electron chi connectivity index (χ3n) is 9.12. The number of cyclic esters (lactones) is 2. The first kappa shape index (κ1) is 25.2. The molecular formula is C27H34O9. The van der Waals surface area contributed by atoms with Gasteiger partial charge in [-0.15, -0.1) is 0 Å². The number of carbonyl (C=O) groups excluding carboxylic acids is 3. The van der Waals surface area contributed by atoms with E-state index in [1.807, 2.05) is 0 Å². The molecule has 0 radical (unpaired) electrons. The monoisotopic (exact) mass is 502 g/mol. The first-order valence-corrected chi connectivity index (χ1v) is 12.7. The number of rotatable bonds is 0. The molecule has 3 heterocycles. The zero-order valence-corrected chi connectivity index (χ0v) is 20.9. The van der Waals surface area contributed by atoms with Gasteiger partial charge in [-0.2, -0.15) is 0 Å². The minimum Gasteiger partial charge on any atom is -0.463 e. The SMILES string of the molecule is CC1=C[C@H]2O[C@@H]3C[C@H]4OC(=O)C=CC=CC(=O)OCC[C@@H](C)[C@H](O)C(=O)OC[C@@]2(CC1)C4(C)[C@]31CO1. The molecule has 0 aromatic heterocycles. The summed E-state index contributed by atoms with van der Waals surface area (Å²) in [5, 5.41) is 10.6. The molecule has 3 fully saturated rings. The fourth-order valence-corrected chi connectivity index (χ4v) is 6.65. The van der Waals surface area contributed by atoms with Crippen molar-refractivity contribution in [3.05, 3.63) is 36.0 Å². The predicted molar refractivity (Wildman–Crippen MR) is 125 cm³/mol. The van der Waals surface area contributed by atoms with Crippen molar-refractivity contribution in [3.63, 3.8) is 0 Å². The van der Waals surface area contributed by atoms with E-state index in [4.69, 9.17) is 23.7 Å². The minimum absolute atomic E-state index is 0.00000344. The summed E-state index contributed by atoms with van der Waals surface area (Å²) in [6.45, 7) is 6.34. The lowest BCUT2D eigenvalue weighted by Crippen LogP contribution is -2.66. The van der Waals surface area contributed by atoms with Gasteiger partial charge in [0.1, 0.15) is 18.3 Å². The zero-order valence-electron chi connectivity index (χ0n) is 20.9. The van der Waals surface area contributed by atoms with Crippen molar-refractivity contribution in [2.75, 3.05) is 19.8 Å². The van der Waals surface area contributed by atoms with Crippen LogP contribution in [0.2, 0.25) is 0 Å². The van der Waals surface area contributed by atoms with Crippen molar-refractivity contribution in [3.8, 4) is 0 Å². The Labute approximate surface area is 210 Å². The van der Waals surface area contributed by atoms with Crippen LogP contribution >= 0.6 is 0 Å². The van der Waals surface area contributed by atoms with E-state index < -0.39 is 52.5 Å². The third-order valence-corrected chi connectivity index (χ3v) is 9.12. The van der Waals surface area contributed by atoms with Crippen LogP contribution in [0.15, 0.2) is 36.0 Å². The van der Waals surface area contributed by atoms with Gasteiger partial charge in [0, 0.05) is 24.0 Å². The average molecular weight is 503 g/mol. The Bertz CT molecular complexity index is 1020. The number of hydrogen-bond acceptors (Lipinski definition) is 9. The molecule has 9 heteroatoms. The van der Waals surface area contributed by atoms with Gasteiger partial charge in [-0.1, -0.05) is 37.6 Å². The molecule has 1 unspecified atom stereocenters. The Kier molecular flexibility index (Phi) is 6.37. The largest absolute Gasteiger partial charge is 0.463 e. The van der Waals surface area contributed by atoms with Crippen molar-refractivity contribution in [1.82, 2.24) is 0 Å². The Hall–Kier alpha value is -2.49. The molecule has 8 atom stereocenters. The smallest absolute Gasteiger partial charge is 0.335 e. The van der Waals surface area contributed by atoms with E-state index in [-0.39, 0.29) is 31.8 Å². The van der Waals surface area contributed by atoms with Gasteiger partial charge in [-0.25, -0.2) is 14.4 Å². The average Bonchev–Trinajstić information content (AvgIpc) is 3.62. The van der Waals surface area contributed by atoms with Crippen molar-refractivity contribution >= 4 is 17.9 Å². The second kappa shape index (κ2) is 9.11. The summed E-state index contributed by atoms with van der Waals surface area (Å²) in [6.07, 6.45) is 7.11. The van der Waals surface area contributed by atoms with Gasteiger partial charge in [0.15, 0.2) is 6.10 Å². The van der Waals surface area contributed by atoms with Crippen molar-refractivity contribution in [2.24, 2.45) is 16.7 Å². The second-order valence-electron chi connectivity index (χ2n) is 11.0. The number of aliphatic hydroxyl groups is 1. The van der Waals surface area contributed by atoms with Crippen LogP contribution in [-0.2, 0) is 38.1 Å². The van der Waals surface area contributed by atoms with Crippen LogP contribution in [0.4, 0.5) is 0 Å². The minimum atomic E-state index is -1.37. The van der Waals surface area contributed by atoms with Crippen LogP contribution in [0.1, 0.15) is 46.5 Å². The van der Waals surface area contributed by atoms with Gasteiger partial charge in [-0.3, -0.25) is 0 Å². The first-order valence-electron chi connectivity index (χ1n) is 12.7. The molecule has 2 saturated heterocycles. The Morgan fingerprint density at radius 3 is 2.47 bits per heavy atom. The van der Waals surface area contributed by atoms with E-state index in [9.17, 15) is 19.5 Å². The number of epoxide rings is 1. The van der Waals surface area contributed by atoms with E-state index >= 15 is 0 Å². The molecule has 0 amide bonds. The van der Waals surface area contributed by atoms with E-state index in [2.05, 4.69) is 19.9 Å². The van der Waals surface area contributed by atoms with Crippen LogP contribution in [0.25, 0.3) is 0 Å². The number of aliphatic hydroxyl groups excluding tert-OH is 1. The van der Waals surface area contributed by atoms with Crippen molar-refractivity contribution in [1.29, 1.82) is 0 Å². The van der Waals surface area contributed by atoms with Gasteiger partial charge in [0.05, 0.1) is 30.8 Å². The summed E-state index contributed by atoms with van der Waals surface area (Å²) in [4.78, 5) is 37.6. The molecule has 9 nitrogen and oxygen atoms in total. The highest BCUT2D eigenvalue weighted by molar-refractivity contribution is 5.84. The maximum atomic E-state index is 12.9. The molecule has 2 spiro atoms. The molecule has 5 rings (SSSR count). The fourth-order valence-electron chi connectivity index (χ4n) is 6.65. The summed E-state index contributed by atoms with van der Waals surface area (Å²) in [5.74, 6) is -2.34. The maximum Gasteiger partial charge on any atom is 0.335 e. The molecule has 196 valence electrons. The molecule has 5 aliphatic rings. The fraction of sp³-hybridized carbons (Fsp3) is 0.667. The lowest BCUT2D eigenvalue weighted by Gasteiger charge is -2.58. The summed E-state index contributed by atoms with van der Waals surface area (Å²) in [7, 11) is 0. The predicted octanol–water partition coefficient (Wildman–Crippen LogP) is 2.17. The van der Waals surface area contributed by atoms with Crippen LogP contribution in [0.3, 0.4) is 0 Å². The lowest BCUT2D eigenvalue weighted by atomic mass is 9.51. The zero-order chi connectivity index (χ0) is 25.7. The second-order valence-corrected chi connectivity index (χ2v) is 11.0. The number of esters is 3. The van der Waals surface area contributed by atoms with Crippen LogP contribution in [0.5, 0.6) is 0 Å². The Balaban J connectivity index is 1.52. The Morgan fingerprint density at radius 1 is 1.03 bits per heavy atom. The standard InChI is InChI=1S/C27H34O9/c1-16-8-10-26-14-33-24(31)23(30)17(2)9-11-32-21(28)6-4-5-7-22(29)36-18-13-20(35-19(26)12-16)27(15-34-27)25(18,26)3/h4-7,12,17-20,23,30H,8-11,13-15H2,1-3H3/t17-,18-,19-,20-,23+,25?,26-,27+/m1/s1. The van der Waals surface area contributed by atoms with Gasteiger partial charge in [-0.05, 0) is 32.1 Å². The highest BCUT2D eigenvalue weighted by Crippen LogP contribution is 2.72. The van der Waals surface area contributed by atoms with Gasteiger partial charge < -0.3 is 28.8 Å². The molecule has 2 bridgehead atoms. The summed E-state index contributed by atoms with van der Waals surface area (Å²) < 4.78 is 29.6. The molecule has 36 heavy (non-hydrogen) atoms. The quantitative estimate of drug-likeness (QED) is 0.230. The number of carbonyl (C=O) groups is 3. The number of allylic oxidation sites excluding steroid dienone is 3. The third kappa shape index (κ3) is 3.83. The van der Waals surface area contributed by atoms with Crippen molar-refractivity contribution < 1.29 is 43.2 Å². The first-order chi connectivity index (χ1) is 17.1. The van der Waals surface area contributed by atoms with Crippen LogP contribution < -0.4 is 0 Å². The van der Waals surface area contributed by atoms with E-state index in [1.54, 1.807) is 6.92 Å². The molecule has 3 aliphatic heterocycles. The molecule has 0 aromatic carbocycles. The number of ether oxygens (including phenoxy) is 5. The summed E-state index contributed by atoms with van der Waals surface area (Å²) in [6, 6.07) is 0. The topological polar surface area (TPSA) is 121 Å². The van der Waals surface area contributed by atoms with Crippen LogP contribution in [-0.4, -0.2) is 72.9 Å². The molecular weight excluding hydrogens is 468 g/mol. The molecule has 1 N–H and O–H groups in total. The highest BCUT2D eigenvalue weighted by Gasteiger charge is 2.83. The normalized spacial score (nSPS) is 45.1. The molecule has 0 aromatic rings. The van der Waals surface area contributed by atoms with E-state index in [1.165, 1.54) is 29.9 Å². The van der Waals surface area contributed by atoms with E-state index in [0.717, 1.165) is 6.42 Å². The molecule has 2 aliphatic carbocycles.